The molecule has 1 rings (SSSR count). The number of hydrogen-bond donors (Lipinski definition) is 1. The minimum absolute atomic E-state index is 0.0867. The molecule has 0 amide bonds. The molecule has 3 nitrogen and oxygen atoms in total. The first-order valence-corrected chi connectivity index (χ1v) is 7.24. The summed E-state index contributed by atoms with van der Waals surface area (Å²) in [6, 6.07) is 5.35. The van der Waals surface area contributed by atoms with Gasteiger partial charge in [-0.05, 0) is 31.2 Å². The predicted octanol–water partition coefficient (Wildman–Crippen LogP) is 2.33. The molecule has 0 aliphatic carbocycles. The maximum atomic E-state index is 12.0. The van der Waals surface area contributed by atoms with Gasteiger partial charge < -0.3 is 10.5 Å². The number of benzene rings is 1. The molecule has 0 aliphatic rings. The van der Waals surface area contributed by atoms with E-state index in [0.717, 1.165) is 17.7 Å². The van der Waals surface area contributed by atoms with E-state index in [0.29, 0.717) is 17.3 Å². The zero-order valence-electron chi connectivity index (χ0n) is 10.1. The van der Waals surface area contributed by atoms with Gasteiger partial charge in [0.1, 0.15) is 5.75 Å². The van der Waals surface area contributed by atoms with Crippen molar-refractivity contribution in [2.75, 3.05) is 13.7 Å². The van der Waals surface area contributed by atoms with Crippen molar-refractivity contribution in [1.82, 2.24) is 0 Å². The first-order chi connectivity index (χ1) is 8.08. The highest BCUT2D eigenvalue weighted by Gasteiger charge is 2.13. The fourth-order valence-corrected chi connectivity index (χ4v) is 2.93. The molecule has 0 saturated heterocycles. The predicted molar refractivity (Wildman–Crippen MR) is 73.0 cm³/mol. The lowest BCUT2D eigenvalue weighted by Gasteiger charge is -2.12. The lowest BCUT2D eigenvalue weighted by Crippen LogP contribution is -2.17. The average Bonchev–Trinajstić information content (AvgIpc) is 2.29. The van der Waals surface area contributed by atoms with Gasteiger partial charge in [0.15, 0.2) is 0 Å². The monoisotopic (exact) mass is 275 g/mol. The van der Waals surface area contributed by atoms with Gasteiger partial charge in [0.2, 0.25) is 0 Å². The third kappa shape index (κ3) is 4.30. The Labute approximate surface area is 110 Å². The number of nitrogens with two attached hydrogens (primary N) is 1. The lowest BCUT2D eigenvalue weighted by molar-refractivity contribution is 0.411. The van der Waals surface area contributed by atoms with Crippen LogP contribution in [0.4, 0.5) is 0 Å². The molecular weight excluding hydrogens is 258 g/mol. The molecule has 0 heterocycles. The molecule has 2 N–H and O–H groups in total. The van der Waals surface area contributed by atoms with Crippen molar-refractivity contribution in [2.45, 2.75) is 24.3 Å². The van der Waals surface area contributed by atoms with Crippen LogP contribution < -0.4 is 10.5 Å². The summed E-state index contributed by atoms with van der Waals surface area (Å²) in [6.07, 6.45) is 0.759. The van der Waals surface area contributed by atoms with Crippen LogP contribution in [0.25, 0.3) is 0 Å². The maximum absolute atomic E-state index is 12.0. The standard InChI is InChI=1S/C12H18ClNO2S/c1-9(5-6-14)17(15)8-10-7-11(13)3-4-12(10)16-2/h3-4,7,9H,5-6,8,14H2,1-2H3. The lowest BCUT2D eigenvalue weighted by atomic mass is 10.2. The van der Waals surface area contributed by atoms with Gasteiger partial charge in [0.05, 0.1) is 12.9 Å². The van der Waals surface area contributed by atoms with E-state index in [4.69, 9.17) is 22.1 Å². The summed E-state index contributed by atoms with van der Waals surface area (Å²) in [5.74, 6) is 1.17. The Bertz CT molecular complexity index is 398. The molecule has 0 aliphatic heterocycles. The van der Waals surface area contributed by atoms with E-state index in [-0.39, 0.29) is 5.25 Å². The molecule has 2 atom stereocenters. The van der Waals surface area contributed by atoms with Crippen LogP contribution >= 0.6 is 11.6 Å². The molecule has 1 aromatic rings. The van der Waals surface area contributed by atoms with Gasteiger partial charge in [-0.3, -0.25) is 4.21 Å². The first kappa shape index (κ1) is 14.5. The summed E-state index contributed by atoms with van der Waals surface area (Å²) < 4.78 is 17.3. The molecule has 0 saturated carbocycles. The Morgan fingerprint density at radius 1 is 1.53 bits per heavy atom. The molecule has 1 aromatic carbocycles. The van der Waals surface area contributed by atoms with E-state index in [9.17, 15) is 4.21 Å². The van der Waals surface area contributed by atoms with Crippen LogP contribution in [0.5, 0.6) is 5.75 Å². The quantitative estimate of drug-likeness (QED) is 0.867. The summed E-state index contributed by atoms with van der Waals surface area (Å²) in [4.78, 5) is 0. The maximum Gasteiger partial charge on any atom is 0.123 e. The Morgan fingerprint density at radius 2 is 2.24 bits per heavy atom. The SMILES string of the molecule is COc1ccc(Cl)cc1CS(=O)C(C)CCN. The van der Waals surface area contributed by atoms with Crippen molar-refractivity contribution in [1.29, 1.82) is 0 Å². The van der Waals surface area contributed by atoms with Gasteiger partial charge in [-0.1, -0.05) is 18.5 Å². The van der Waals surface area contributed by atoms with Crippen molar-refractivity contribution in [2.24, 2.45) is 5.73 Å². The summed E-state index contributed by atoms with van der Waals surface area (Å²) >= 11 is 5.92. The van der Waals surface area contributed by atoms with E-state index < -0.39 is 10.8 Å². The highest BCUT2D eigenvalue weighted by Crippen LogP contribution is 2.24. The van der Waals surface area contributed by atoms with Gasteiger partial charge in [0, 0.05) is 26.6 Å². The fourth-order valence-electron chi connectivity index (χ4n) is 1.52. The number of methoxy groups -OCH3 is 1. The molecule has 0 fully saturated rings. The minimum Gasteiger partial charge on any atom is -0.496 e. The molecule has 0 aromatic heterocycles. The van der Waals surface area contributed by atoms with E-state index in [1.54, 1.807) is 25.3 Å². The van der Waals surface area contributed by atoms with Gasteiger partial charge in [-0.25, -0.2) is 0 Å². The van der Waals surface area contributed by atoms with Gasteiger partial charge in [0.25, 0.3) is 0 Å². The summed E-state index contributed by atoms with van der Waals surface area (Å²) in [6.45, 7) is 2.50. The summed E-state index contributed by atoms with van der Waals surface area (Å²) in [7, 11) is 0.642. The Kier molecular flexibility index (Phi) is 5.95. The molecule has 17 heavy (non-hydrogen) atoms. The topological polar surface area (TPSA) is 52.3 Å². The second-order valence-electron chi connectivity index (χ2n) is 3.87. The Hall–Kier alpha value is -0.580. The normalized spacial score (nSPS) is 14.4. The van der Waals surface area contributed by atoms with E-state index in [1.807, 2.05) is 6.92 Å². The molecule has 0 spiro atoms. The van der Waals surface area contributed by atoms with Crippen LogP contribution in [0.1, 0.15) is 18.9 Å². The van der Waals surface area contributed by atoms with E-state index in [2.05, 4.69) is 0 Å². The smallest absolute Gasteiger partial charge is 0.123 e. The second kappa shape index (κ2) is 6.99. The zero-order valence-corrected chi connectivity index (χ0v) is 11.7. The molecule has 96 valence electrons. The number of hydrogen-bond acceptors (Lipinski definition) is 3. The fraction of sp³-hybridized carbons (Fsp3) is 0.500. The van der Waals surface area contributed by atoms with Crippen LogP contribution in [-0.2, 0) is 16.6 Å². The Morgan fingerprint density at radius 3 is 2.82 bits per heavy atom. The number of halogens is 1. The van der Waals surface area contributed by atoms with Crippen molar-refractivity contribution >= 4 is 22.4 Å². The first-order valence-electron chi connectivity index (χ1n) is 5.48. The highest BCUT2D eigenvalue weighted by atomic mass is 35.5. The third-order valence-corrected chi connectivity index (χ3v) is 4.53. The van der Waals surface area contributed by atoms with Crippen molar-refractivity contribution < 1.29 is 8.95 Å². The van der Waals surface area contributed by atoms with Gasteiger partial charge >= 0.3 is 0 Å². The zero-order chi connectivity index (χ0) is 12.8. The highest BCUT2D eigenvalue weighted by molar-refractivity contribution is 7.84. The molecule has 0 bridgehead atoms. The molecule has 2 unspecified atom stereocenters. The van der Waals surface area contributed by atoms with Gasteiger partial charge in [-0.15, -0.1) is 0 Å². The summed E-state index contributed by atoms with van der Waals surface area (Å²) in [5, 5.41) is 0.716. The van der Waals surface area contributed by atoms with Crippen molar-refractivity contribution in [3.05, 3.63) is 28.8 Å². The van der Waals surface area contributed by atoms with Crippen molar-refractivity contribution in [3.8, 4) is 5.75 Å². The molecule has 0 radical (unpaired) electrons. The third-order valence-electron chi connectivity index (χ3n) is 2.56. The second-order valence-corrected chi connectivity index (χ2v) is 6.16. The number of ether oxygens (including phenoxy) is 1. The molecule has 5 heteroatoms. The van der Waals surface area contributed by atoms with Crippen LogP contribution in [0.3, 0.4) is 0 Å². The van der Waals surface area contributed by atoms with Crippen LogP contribution in [-0.4, -0.2) is 23.1 Å². The number of rotatable bonds is 6. The molecular formula is C12H18ClNO2S. The summed E-state index contributed by atoms with van der Waals surface area (Å²) in [5.41, 5.74) is 6.34. The van der Waals surface area contributed by atoms with Crippen molar-refractivity contribution in [3.63, 3.8) is 0 Å². The average molecular weight is 276 g/mol. The van der Waals surface area contributed by atoms with E-state index in [1.165, 1.54) is 0 Å². The van der Waals surface area contributed by atoms with E-state index >= 15 is 0 Å². The van der Waals surface area contributed by atoms with Crippen LogP contribution in [0.2, 0.25) is 5.02 Å². The Balaban J connectivity index is 2.79. The van der Waals surface area contributed by atoms with Crippen LogP contribution in [0.15, 0.2) is 18.2 Å². The largest absolute Gasteiger partial charge is 0.496 e. The van der Waals surface area contributed by atoms with Crippen LogP contribution in [0, 0.1) is 0 Å². The van der Waals surface area contributed by atoms with Gasteiger partial charge in [-0.2, -0.15) is 0 Å². The minimum atomic E-state index is -0.954.